The number of aromatic nitrogens is 6. The van der Waals surface area contributed by atoms with Crippen molar-refractivity contribution in [1.29, 1.82) is 0 Å². The molecule has 0 aliphatic rings. The predicted octanol–water partition coefficient (Wildman–Crippen LogP) is -0.255. The Morgan fingerprint density at radius 1 is 1.53 bits per heavy atom. The minimum atomic E-state index is -0.124. The lowest BCUT2D eigenvalue weighted by atomic mass is 10.3. The molecule has 0 radical (unpaired) electrons. The van der Waals surface area contributed by atoms with Crippen LogP contribution in [0.3, 0.4) is 0 Å². The molecule has 0 aromatic carbocycles. The lowest BCUT2D eigenvalue weighted by Crippen LogP contribution is -2.11. The van der Waals surface area contributed by atoms with Gasteiger partial charge in [-0.3, -0.25) is 0 Å². The molecular formula is C7H10N8. The quantitative estimate of drug-likeness (QED) is 0.633. The third-order valence-electron chi connectivity index (χ3n) is 1.84. The lowest BCUT2D eigenvalue weighted by Gasteiger charge is -2.11. The van der Waals surface area contributed by atoms with Crippen LogP contribution in [0.25, 0.3) is 0 Å². The average molecular weight is 206 g/mol. The predicted molar refractivity (Wildman–Crippen MR) is 52.7 cm³/mol. The molecule has 8 nitrogen and oxygen atoms in total. The van der Waals surface area contributed by atoms with Crippen molar-refractivity contribution in [2.45, 2.75) is 13.0 Å². The van der Waals surface area contributed by atoms with Gasteiger partial charge in [0.2, 0.25) is 0 Å². The second kappa shape index (κ2) is 3.86. The van der Waals surface area contributed by atoms with E-state index < -0.39 is 0 Å². The van der Waals surface area contributed by atoms with Gasteiger partial charge < -0.3 is 11.1 Å². The van der Waals surface area contributed by atoms with E-state index in [-0.39, 0.29) is 6.04 Å². The minimum Gasteiger partial charge on any atom is -0.394 e. The van der Waals surface area contributed by atoms with Crippen LogP contribution in [0, 0.1) is 0 Å². The van der Waals surface area contributed by atoms with E-state index in [2.05, 4.69) is 35.9 Å². The van der Waals surface area contributed by atoms with Gasteiger partial charge in [-0.05, 0) is 6.92 Å². The first-order chi connectivity index (χ1) is 7.27. The number of hydrogen-bond donors (Lipinski definition) is 3. The number of anilines is 2. The standard InChI is InChI=1S/C7H10N8/c1-4(6-12-14-15-13-6)11-7-5(8)2-9-3-10-7/h2-4H,8H2,1H3,(H,9,10,11)(H,12,13,14,15). The molecule has 0 saturated carbocycles. The number of tetrazole rings is 1. The van der Waals surface area contributed by atoms with Crippen molar-refractivity contribution in [2.75, 3.05) is 11.1 Å². The van der Waals surface area contributed by atoms with Gasteiger partial charge in [0.25, 0.3) is 0 Å². The van der Waals surface area contributed by atoms with Crippen molar-refractivity contribution in [3.05, 3.63) is 18.3 Å². The molecule has 2 heterocycles. The Morgan fingerprint density at radius 2 is 2.40 bits per heavy atom. The third-order valence-corrected chi connectivity index (χ3v) is 1.84. The zero-order valence-corrected chi connectivity index (χ0v) is 8.05. The van der Waals surface area contributed by atoms with E-state index in [4.69, 9.17) is 5.73 Å². The van der Waals surface area contributed by atoms with E-state index >= 15 is 0 Å². The van der Waals surface area contributed by atoms with Gasteiger partial charge in [-0.15, -0.1) is 10.2 Å². The number of aromatic amines is 1. The Morgan fingerprint density at radius 3 is 3.07 bits per heavy atom. The van der Waals surface area contributed by atoms with E-state index in [1.807, 2.05) is 6.92 Å². The number of rotatable bonds is 3. The fourth-order valence-electron chi connectivity index (χ4n) is 1.08. The molecule has 0 aliphatic heterocycles. The Kier molecular flexibility index (Phi) is 2.40. The van der Waals surface area contributed by atoms with E-state index in [0.717, 1.165) is 0 Å². The summed E-state index contributed by atoms with van der Waals surface area (Å²) in [5, 5.41) is 16.6. The van der Waals surface area contributed by atoms with Crippen LogP contribution in [-0.4, -0.2) is 30.6 Å². The van der Waals surface area contributed by atoms with Crippen LogP contribution in [0.1, 0.15) is 18.8 Å². The number of nitrogen functional groups attached to an aromatic ring is 1. The Balaban J connectivity index is 2.13. The number of nitrogens with two attached hydrogens (primary N) is 1. The van der Waals surface area contributed by atoms with Crippen molar-refractivity contribution in [3.8, 4) is 0 Å². The van der Waals surface area contributed by atoms with Crippen molar-refractivity contribution in [1.82, 2.24) is 30.6 Å². The summed E-state index contributed by atoms with van der Waals surface area (Å²) in [6, 6.07) is -0.124. The molecule has 0 bridgehead atoms. The fourth-order valence-corrected chi connectivity index (χ4v) is 1.08. The molecule has 0 saturated heterocycles. The molecule has 0 spiro atoms. The van der Waals surface area contributed by atoms with Gasteiger partial charge in [0.15, 0.2) is 11.6 Å². The maximum atomic E-state index is 5.67. The number of nitrogens with zero attached hydrogens (tertiary/aromatic N) is 5. The first-order valence-electron chi connectivity index (χ1n) is 4.32. The second-order valence-electron chi connectivity index (χ2n) is 2.96. The molecule has 1 unspecified atom stereocenters. The fraction of sp³-hybridized carbons (Fsp3) is 0.286. The highest BCUT2D eigenvalue weighted by Crippen LogP contribution is 2.17. The molecule has 2 aromatic rings. The van der Waals surface area contributed by atoms with Crippen LogP contribution in [0.4, 0.5) is 11.5 Å². The highest BCUT2D eigenvalue weighted by atomic mass is 15.5. The van der Waals surface area contributed by atoms with E-state index in [0.29, 0.717) is 17.3 Å². The second-order valence-corrected chi connectivity index (χ2v) is 2.96. The minimum absolute atomic E-state index is 0.124. The normalized spacial score (nSPS) is 12.3. The summed E-state index contributed by atoms with van der Waals surface area (Å²) < 4.78 is 0. The first-order valence-corrected chi connectivity index (χ1v) is 4.32. The van der Waals surface area contributed by atoms with Gasteiger partial charge in [0.1, 0.15) is 6.33 Å². The zero-order chi connectivity index (χ0) is 10.7. The maximum Gasteiger partial charge on any atom is 0.196 e. The molecule has 0 fully saturated rings. The first kappa shape index (κ1) is 9.31. The number of hydrogen-bond acceptors (Lipinski definition) is 7. The van der Waals surface area contributed by atoms with Crippen molar-refractivity contribution in [3.63, 3.8) is 0 Å². The molecule has 0 amide bonds. The van der Waals surface area contributed by atoms with Gasteiger partial charge in [-0.1, -0.05) is 5.21 Å². The highest BCUT2D eigenvalue weighted by molar-refractivity contribution is 5.59. The van der Waals surface area contributed by atoms with Crippen LogP contribution < -0.4 is 11.1 Å². The van der Waals surface area contributed by atoms with E-state index in [1.165, 1.54) is 12.5 Å². The number of nitrogens with one attached hydrogen (secondary N) is 2. The highest BCUT2D eigenvalue weighted by Gasteiger charge is 2.11. The topological polar surface area (TPSA) is 118 Å². The summed E-state index contributed by atoms with van der Waals surface area (Å²) in [5.41, 5.74) is 6.15. The molecule has 2 aromatic heterocycles. The molecular weight excluding hydrogens is 196 g/mol. The molecule has 78 valence electrons. The van der Waals surface area contributed by atoms with E-state index in [1.54, 1.807) is 0 Å². The largest absolute Gasteiger partial charge is 0.394 e. The number of H-pyrrole nitrogens is 1. The van der Waals surface area contributed by atoms with Gasteiger partial charge in [-0.25, -0.2) is 9.97 Å². The van der Waals surface area contributed by atoms with Gasteiger partial charge in [0, 0.05) is 0 Å². The molecule has 4 N–H and O–H groups in total. The Bertz CT molecular complexity index is 424. The van der Waals surface area contributed by atoms with Gasteiger partial charge in [0.05, 0.1) is 17.9 Å². The Hall–Kier alpha value is -2.25. The summed E-state index contributed by atoms with van der Waals surface area (Å²) >= 11 is 0. The molecule has 8 heteroatoms. The lowest BCUT2D eigenvalue weighted by molar-refractivity contribution is 0.787. The van der Waals surface area contributed by atoms with Crippen LogP contribution in [-0.2, 0) is 0 Å². The summed E-state index contributed by atoms with van der Waals surface area (Å²) in [5.74, 6) is 1.11. The summed E-state index contributed by atoms with van der Waals surface area (Å²) in [6.07, 6.45) is 2.94. The van der Waals surface area contributed by atoms with Crippen LogP contribution in [0.15, 0.2) is 12.5 Å². The molecule has 2 rings (SSSR count). The van der Waals surface area contributed by atoms with Crippen molar-refractivity contribution >= 4 is 11.5 Å². The monoisotopic (exact) mass is 206 g/mol. The van der Waals surface area contributed by atoms with Gasteiger partial charge >= 0.3 is 0 Å². The molecule has 15 heavy (non-hydrogen) atoms. The van der Waals surface area contributed by atoms with Crippen molar-refractivity contribution in [2.24, 2.45) is 0 Å². The third kappa shape index (κ3) is 1.98. The molecule has 0 aliphatic carbocycles. The van der Waals surface area contributed by atoms with Crippen LogP contribution in [0.2, 0.25) is 0 Å². The zero-order valence-electron chi connectivity index (χ0n) is 8.05. The van der Waals surface area contributed by atoms with Crippen LogP contribution in [0.5, 0.6) is 0 Å². The van der Waals surface area contributed by atoms with Crippen molar-refractivity contribution < 1.29 is 0 Å². The molecule has 1 atom stereocenters. The summed E-state index contributed by atoms with van der Waals surface area (Å²) in [6.45, 7) is 1.88. The van der Waals surface area contributed by atoms with Gasteiger partial charge in [-0.2, -0.15) is 5.21 Å². The smallest absolute Gasteiger partial charge is 0.196 e. The average Bonchev–Trinajstić information content (AvgIpc) is 2.74. The maximum absolute atomic E-state index is 5.67. The van der Waals surface area contributed by atoms with Crippen LogP contribution >= 0.6 is 0 Å². The van der Waals surface area contributed by atoms with E-state index in [9.17, 15) is 0 Å². The Labute approximate surface area is 85.3 Å². The SMILES string of the molecule is CC(Nc1ncncc1N)c1nn[nH]n1. The summed E-state index contributed by atoms with van der Waals surface area (Å²) in [4.78, 5) is 7.78. The summed E-state index contributed by atoms with van der Waals surface area (Å²) in [7, 11) is 0.